The number of aromatic nitrogens is 1. The van der Waals surface area contributed by atoms with Crippen molar-refractivity contribution in [3.63, 3.8) is 0 Å². The SMILES string of the molecule is Cc1cc(C)c(NC(=O)CCN2CCN(c3ccccn3)CC2)c(C)c1. The van der Waals surface area contributed by atoms with Gasteiger partial charge in [0.2, 0.25) is 5.91 Å². The van der Waals surface area contributed by atoms with Crippen LogP contribution in [0.25, 0.3) is 0 Å². The molecule has 1 amide bonds. The number of carbonyl (C=O) groups is 1. The van der Waals surface area contributed by atoms with E-state index in [0.717, 1.165) is 55.4 Å². The Morgan fingerprint density at radius 2 is 1.77 bits per heavy atom. The molecule has 0 radical (unpaired) electrons. The Labute approximate surface area is 156 Å². The quantitative estimate of drug-likeness (QED) is 0.898. The summed E-state index contributed by atoms with van der Waals surface area (Å²) >= 11 is 0. The third kappa shape index (κ3) is 4.61. The molecule has 1 aliphatic heterocycles. The smallest absolute Gasteiger partial charge is 0.225 e. The second kappa shape index (κ2) is 8.32. The van der Waals surface area contributed by atoms with Gasteiger partial charge in [-0.1, -0.05) is 23.8 Å². The highest BCUT2D eigenvalue weighted by atomic mass is 16.1. The summed E-state index contributed by atoms with van der Waals surface area (Å²) in [5.74, 6) is 1.13. The molecule has 5 nitrogen and oxygen atoms in total. The first-order valence-electron chi connectivity index (χ1n) is 9.29. The number of hydrogen-bond donors (Lipinski definition) is 1. The molecule has 0 unspecified atom stereocenters. The first-order chi connectivity index (χ1) is 12.5. The van der Waals surface area contributed by atoms with E-state index in [0.29, 0.717) is 6.42 Å². The van der Waals surface area contributed by atoms with E-state index in [1.165, 1.54) is 5.56 Å². The fourth-order valence-electron chi connectivity index (χ4n) is 3.58. The molecule has 138 valence electrons. The van der Waals surface area contributed by atoms with Crippen LogP contribution in [-0.2, 0) is 4.79 Å². The van der Waals surface area contributed by atoms with Crippen LogP contribution in [-0.4, -0.2) is 48.5 Å². The first-order valence-corrected chi connectivity index (χ1v) is 9.29. The lowest BCUT2D eigenvalue weighted by atomic mass is 10.0. The van der Waals surface area contributed by atoms with Gasteiger partial charge < -0.3 is 10.2 Å². The predicted molar refractivity (Wildman–Crippen MR) is 107 cm³/mol. The topological polar surface area (TPSA) is 48.5 Å². The molecule has 2 heterocycles. The number of nitrogens with zero attached hydrogens (tertiary/aromatic N) is 3. The molecule has 0 aliphatic carbocycles. The van der Waals surface area contributed by atoms with Crippen LogP contribution in [0.1, 0.15) is 23.1 Å². The predicted octanol–water partition coefficient (Wildman–Crippen LogP) is 3.16. The van der Waals surface area contributed by atoms with Gasteiger partial charge >= 0.3 is 0 Å². The number of amides is 1. The van der Waals surface area contributed by atoms with Gasteiger partial charge in [0, 0.05) is 51.0 Å². The second-order valence-electron chi connectivity index (χ2n) is 7.09. The molecule has 0 bridgehead atoms. The molecule has 1 N–H and O–H groups in total. The van der Waals surface area contributed by atoms with Gasteiger partial charge in [0.25, 0.3) is 0 Å². The standard InChI is InChI=1S/C21H28N4O/c1-16-14-17(2)21(18(3)15-16)23-20(26)7-9-24-10-12-25(13-11-24)19-6-4-5-8-22-19/h4-6,8,14-15H,7,9-13H2,1-3H3,(H,23,26). The van der Waals surface area contributed by atoms with Crippen LogP contribution >= 0.6 is 0 Å². The molecule has 2 aromatic rings. The molecule has 3 rings (SSSR count). The zero-order valence-electron chi connectivity index (χ0n) is 16.0. The van der Waals surface area contributed by atoms with E-state index in [1.54, 1.807) is 0 Å². The molecule has 1 aromatic carbocycles. The lowest BCUT2D eigenvalue weighted by Gasteiger charge is -2.35. The molecule has 1 saturated heterocycles. The number of piperazine rings is 1. The Morgan fingerprint density at radius 1 is 1.08 bits per heavy atom. The van der Waals surface area contributed by atoms with Crippen molar-refractivity contribution in [3.05, 3.63) is 53.2 Å². The zero-order valence-corrected chi connectivity index (χ0v) is 16.0. The summed E-state index contributed by atoms with van der Waals surface area (Å²) in [4.78, 5) is 21.4. The normalized spacial score (nSPS) is 15.1. The van der Waals surface area contributed by atoms with Crippen molar-refractivity contribution in [1.82, 2.24) is 9.88 Å². The summed E-state index contributed by atoms with van der Waals surface area (Å²) in [5.41, 5.74) is 4.43. The molecule has 1 aliphatic rings. The maximum Gasteiger partial charge on any atom is 0.225 e. The van der Waals surface area contributed by atoms with Crippen LogP contribution in [0.5, 0.6) is 0 Å². The Hall–Kier alpha value is -2.40. The van der Waals surface area contributed by atoms with Crippen LogP contribution < -0.4 is 10.2 Å². The summed E-state index contributed by atoms with van der Waals surface area (Å²) < 4.78 is 0. The van der Waals surface area contributed by atoms with Crippen LogP contribution in [0.4, 0.5) is 11.5 Å². The van der Waals surface area contributed by atoms with Crippen LogP contribution in [0.3, 0.4) is 0 Å². The summed E-state index contributed by atoms with van der Waals surface area (Å²) in [5, 5.41) is 3.09. The number of rotatable bonds is 5. The number of carbonyl (C=O) groups excluding carboxylic acids is 1. The Morgan fingerprint density at radius 3 is 2.38 bits per heavy atom. The Bertz CT molecular complexity index is 729. The number of aryl methyl sites for hydroxylation is 3. The monoisotopic (exact) mass is 352 g/mol. The van der Waals surface area contributed by atoms with Gasteiger partial charge in [-0.25, -0.2) is 4.98 Å². The van der Waals surface area contributed by atoms with E-state index >= 15 is 0 Å². The average Bonchev–Trinajstić information content (AvgIpc) is 2.64. The molecular formula is C21H28N4O. The number of anilines is 2. The third-order valence-corrected chi connectivity index (χ3v) is 4.94. The van der Waals surface area contributed by atoms with Gasteiger partial charge in [0.15, 0.2) is 0 Å². The highest BCUT2D eigenvalue weighted by Crippen LogP contribution is 2.22. The number of nitrogens with one attached hydrogen (secondary N) is 1. The van der Waals surface area contributed by atoms with E-state index in [9.17, 15) is 4.79 Å². The van der Waals surface area contributed by atoms with Crippen LogP contribution in [0.2, 0.25) is 0 Å². The van der Waals surface area contributed by atoms with E-state index in [2.05, 4.69) is 45.2 Å². The van der Waals surface area contributed by atoms with Crippen molar-refractivity contribution < 1.29 is 4.79 Å². The lowest BCUT2D eigenvalue weighted by Crippen LogP contribution is -2.47. The van der Waals surface area contributed by atoms with Crippen molar-refractivity contribution in [1.29, 1.82) is 0 Å². The fraction of sp³-hybridized carbons (Fsp3) is 0.429. The van der Waals surface area contributed by atoms with Gasteiger partial charge in [-0.3, -0.25) is 9.69 Å². The number of pyridine rings is 1. The van der Waals surface area contributed by atoms with Crippen molar-refractivity contribution in [2.75, 3.05) is 42.9 Å². The summed E-state index contributed by atoms with van der Waals surface area (Å²) in [6.45, 7) is 10.8. The highest BCUT2D eigenvalue weighted by molar-refractivity contribution is 5.92. The largest absolute Gasteiger partial charge is 0.354 e. The molecular weight excluding hydrogens is 324 g/mol. The lowest BCUT2D eigenvalue weighted by molar-refractivity contribution is -0.116. The second-order valence-corrected chi connectivity index (χ2v) is 7.09. The Kier molecular flexibility index (Phi) is 5.89. The minimum absolute atomic E-state index is 0.0900. The van der Waals surface area contributed by atoms with Crippen molar-refractivity contribution in [2.45, 2.75) is 27.2 Å². The molecule has 5 heteroatoms. The number of benzene rings is 1. The van der Waals surface area contributed by atoms with Crippen molar-refractivity contribution in [2.24, 2.45) is 0 Å². The zero-order chi connectivity index (χ0) is 18.5. The van der Waals surface area contributed by atoms with Gasteiger partial charge in [0.1, 0.15) is 5.82 Å². The van der Waals surface area contributed by atoms with E-state index < -0.39 is 0 Å². The van der Waals surface area contributed by atoms with E-state index in [-0.39, 0.29) is 5.91 Å². The summed E-state index contributed by atoms with van der Waals surface area (Å²) in [7, 11) is 0. The van der Waals surface area contributed by atoms with Crippen molar-refractivity contribution in [3.8, 4) is 0 Å². The van der Waals surface area contributed by atoms with Gasteiger partial charge in [0.05, 0.1) is 0 Å². The van der Waals surface area contributed by atoms with E-state index in [4.69, 9.17) is 0 Å². The van der Waals surface area contributed by atoms with Gasteiger partial charge in [-0.15, -0.1) is 0 Å². The first kappa shape index (κ1) is 18.4. The van der Waals surface area contributed by atoms with Crippen molar-refractivity contribution >= 4 is 17.4 Å². The fourth-order valence-corrected chi connectivity index (χ4v) is 3.58. The minimum atomic E-state index is 0.0900. The summed E-state index contributed by atoms with van der Waals surface area (Å²) in [6, 6.07) is 10.2. The molecule has 0 atom stereocenters. The maximum absolute atomic E-state index is 12.4. The molecule has 26 heavy (non-hydrogen) atoms. The maximum atomic E-state index is 12.4. The van der Waals surface area contributed by atoms with Crippen LogP contribution in [0, 0.1) is 20.8 Å². The highest BCUT2D eigenvalue weighted by Gasteiger charge is 2.18. The average molecular weight is 352 g/mol. The van der Waals surface area contributed by atoms with Crippen LogP contribution in [0.15, 0.2) is 36.5 Å². The van der Waals surface area contributed by atoms with Gasteiger partial charge in [-0.05, 0) is 44.0 Å². The molecule has 1 aromatic heterocycles. The third-order valence-electron chi connectivity index (χ3n) is 4.94. The minimum Gasteiger partial charge on any atom is -0.354 e. The molecule has 0 spiro atoms. The van der Waals surface area contributed by atoms with E-state index in [1.807, 2.05) is 32.2 Å². The molecule has 0 saturated carbocycles. The summed E-state index contributed by atoms with van der Waals surface area (Å²) in [6.07, 6.45) is 2.36. The molecule has 1 fully saturated rings. The Balaban J connectivity index is 1.46. The van der Waals surface area contributed by atoms with Gasteiger partial charge in [-0.2, -0.15) is 0 Å². The number of hydrogen-bond acceptors (Lipinski definition) is 4.